The SMILES string of the molecule is CN1CC(c2ccccc2)c2ccc(C(C)(C)C)cc2C1CN. The molecular formula is C21H28N2. The van der Waals surface area contributed by atoms with Crippen LogP contribution in [0.1, 0.15) is 55.0 Å². The van der Waals surface area contributed by atoms with Gasteiger partial charge in [-0.25, -0.2) is 0 Å². The minimum absolute atomic E-state index is 0.159. The van der Waals surface area contributed by atoms with Gasteiger partial charge in [-0.05, 0) is 34.7 Å². The van der Waals surface area contributed by atoms with Crippen LogP contribution in [0.4, 0.5) is 0 Å². The molecule has 0 bridgehead atoms. The van der Waals surface area contributed by atoms with Gasteiger partial charge in [0.05, 0.1) is 0 Å². The number of hydrogen-bond acceptors (Lipinski definition) is 2. The normalized spacial score (nSPS) is 22.0. The summed E-state index contributed by atoms with van der Waals surface area (Å²) in [6, 6.07) is 18.2. The number of hydrogen-bond donors (Lipinski definition) is 1. The first kappa shape index (κ1) is 16.2. The molecule has 1 aliphatic rings. The van der Waals surface area contributed by atoms with E-state index >= 15 is 0 Å². The van der Waals surface area contributed by atoms with Crippen LogP contribution in [0.3, 0.4) is 0 Å². The van der Waals surface area contributed by atoms with Crippen molar-refractivity contribution in [2.45, 2.75) is 38.1 Å². The summed E-state index contributed by atoms with van der Waals surface area (Å²) in [4.78, 5) is 2.41. The van der Waals surface area contributed by atoms with Crippen molar-refractivity contribution in [1.82, 2.24) is 4.90 Å². The van der Waals surface area contributed by atoms with E-state index in [1.165, 1.54) is 22.3 Å². The minimum Gasteiger partial charge on any atom is -0.329 e. The van der Waals surface area contributed by atoms with E-state index in [9.17, 15) is 0 Å². The molecule has 2 aromatic carbocycles. The molecule has 23 heavy (non-hydrogen) atoms. The minimum atomic E-state index is 0.159. The van der Waals surface area contributed by atoms with Gasteiger partial charge in [-0.2, -0.15) is 0 Å². The molecule has 2 heteroatoms. The van der Waals surface area contributed by atoms with Crippen molar-refractivity contribution in [3.63, 3.8) is 0 Å². The fourth-order valence-corrected chi connectivity index (χ4v) is 3.68. The quantitative estimate of drug-likeness (QED) is 0.906. The number of benzene rings is 2. The van der Waals surface area contributed by atoms with Gasteiger partial charge in [0.25, 0.3) is 0 Å². The lowest BCUT2D eigenvalue weighted by Gasteiger charge is -2.40. The van der Waals surface area contributed by atoms with E-state index in [1.54, 1.807) is 0 Å². The molecule has 0 saturated heterocycles. The van der Waals surface area contributed by atoms with E-state index in [-0.39, 0.29) is 5.41 Å². The molecule has 2 atom stereocenters. The highest BCUT2D eigenvalue weighted by Gasteiger charge is 2.32. The highest BCUT2D eigenvalue weighted by molar-refractivity contribution is 5.45. The van der Waals surface area contributed by atoms with Crippen LogP contribution in [0, 0.1) is 0 Å². The Kier molecular flexibility index (Phi) is 4.31. The Morgan fingerprint density at radius 3 is 2.35 bits per heavy atom. The Labute approximate surface area is 140 Å². The van der Waals surface area contributed by atoms with Crippen LogP contribution in [0.15, 0.2) is 48.5 Å². The monoisotopic (exact) mass is 308 g/mol. The number of nitrogens with zero attached hydrogens (tertiary/aromatic N) is 1. The Bertz CT molecular complexity index is 670. The first-order valence-corrected chi connectivity index (χ1v) is 8.51. The lowest BCUT2D eigenvalue weighted by molar-refractivity contribution is 0.223. The predicted octanol–water partition coefficient (Wildman–Crippen LogP) is 4.06. The third-order valence-corrected chi connectivity index (χ3v) is 5.12. The van der Waals surface area contributed by atoms with Gasteiger partial charge in [0, 0.05) is 25.0 Å². The average Bonchev–Trinajstić information content (AvgIpc) is 2.53. The Morgan fingerprint density at radius 2 is 1.74 bits per heavy atom. The maximum absolute atomic E-state index is 6.11. The molecule has 2 nitrogen and oxygen atoms in total. The zero-order valence-corrected chi connectivity index (χ0v) is 14.7. The largest absolute Gasteiger partial charge is 0.329 e. The fraction of sp³-hybridized carbons (Fsp3) is 0.429. The second-order valence-corrected chi connectivity index (χ2v) is 7.75. The lowest BCUT2D eigenvalue weighted by atomic mass is 9.77. The molecule has 2 aromatic rings. The van der Waals surface area contributed by atoms with E-state index in [4.69, 9.17) is 5.73 Å². The Morgan fingerprint density at radius 1 is 1.04 bits per heavy atom. The zero-order chi connectivity index (χ0) is 16.6. The van der Waals surface area contributed by atoms with Crippen molar-refractivity contribution in [2.24, 2.45) is 5.73 Å². The summed E-state index contributed by atoms with van der Waals surface area (Å²) in [6.07, 6.45) is 0. The van der Waals surface area contributed by atoms with Gasteiger partial charge >= 0.3 is 0 Å². The van der Waals surface area contributed by atoms with E-state index in [2.05, 4.69) is 81.2 Å². The molecule has 3 rings (SSSR count). The number of rotatable bonds is 2. The summed E-state index contributed by atoms with van der Waals surface area (Å²) in [5.74, 6) is 0.424. The molecule has 0 fully saturated rings. The second kappa shape index (κ2) is 6.10. The van der Waals surface area contributed by atoms with E-state index < -0.39 is 0 Å². The Balaban J connectivity index is 2.13. The van der Waals surface area contributed by atoms with Crippen LogP contribution in [0.5, 0.6) is 0 Å². The van der Waals surface area contributed by atoms with Crippen molar-refractivity contribution in [1.29, 1.82) is 0 Å². The van der Waals surface area contributed by atoms with Crippen LogP contribution < -0.4 is 5.73 Å². The standard InChI is InChI=1S/C21H28N2/c1-21(2,3)16-10-11-17-18(12-16)20(13-22)23(4)14-19(17)15-8-6-5-7-9-15/h5-12,19-20H,13-14,22H2,1-4H3. The van der Waals surface area contributed by atoms with Crippen LogP contribution >= 0.6 is 0 Å². The highest BCUT2D eigenvalue weighted by atomic mass is 15.1. The molecule has 0 saturated carbocycles. The summed E-state index contributed by atoms with van der Waals surface area (Å²) in [6.45, 7) is 8.50. The molecule has 0 aromatic heterocycles. The summed E-state index contributed by atoms with van der Waals surface area (Å²) in [7, 11) is 2.19. The molecule has 0 amide bonds. The van der Waals surface area contributed by atoms with Gasteiger partial charge in [-0.15, -0.1) is 0 Å². The molecule has 0 spiro atoms. The first-order chi connectivity index (χ1) is 10.9. The Hall–Kier alpha value is -1.64. The first-order valence-electron chi connectivity index (χ1n) is 8.51. The van der Waals surface area contributed by atoms with Crippen molar-refractivity contribution >= 4 is 0 Å². The van der Waals surface area contributed by atoms with Gasteiger partial charge in [0.15, 0.2) is 0 Å². The van der Waals surface area contributed by atoms with E-state index in [0.717, 1.165) is 6.54 Å². The summed E-state index contributed by atoms with van der Waals surface area (Å²) in [5, 5.41) is 0. The predicted molar refractivity (Wildman–Crippen MR) is 97.9 cm³/mol. The lowest BCUT2D eigenvalue weighted by Crippen LogP contribution is -2.39. The van der Waals surface area contributed by atoms with Crippen molar-refractivity contribution in [3.8, 4) is 0 Å². The number of likely N-dealkylation sites (N-methyl/N-ethyl adjacent to an activating group) is 1. The molecule has 0 aliphatic carbocycles. The molecular weight excluding hydrogens is 280 g/mol. The maximum atomic E-state index is 6.11. The van der Waals surface area contributed by atoms with Crippen molar-refractivity contribution < 1.29 is 0 Å². The molecule has 1 heterocycles. The zero-order valence-electron chi connectivity index (χ0n) is 14.7. The van der Waals surface area contributed by atoms with Gasteiger partial charge in [0.1, 0.15) is 0 Å². The summed E-state index contributed by atoms with van der Waals surface area (Å²) < 4.78 is 0. The van der Waals surface area contributed by atoms with Crippen LogP contribution in [0.25, 0.3) is 0 Å². The smallest absolute Gasteiger partial charge is 0.0470 e. The highest BCUT2D eigenvalue weighted by Crippen LogP contribution is 2.40. The third kappa shape index (κ3) is 3.06. The van der Waals surface area contributed by atoms with Gasteiger partial charge in [-0.1, -0.05) is 69.3 Å². The van der Waals surface area contributed by atoms with Gasteiger partial charge < -0.3 is 5.73 Å². The molecule has 0 radical (unpaired) electrons. The second-order valence-electron chi connectivity index (χ2n) is 7.75. The molecule has 2 N–H and O–H groups in total. The molecule has 2 unspecified atom stereocenters. The van der Waals surface area contributed by atoms with Gasteiger partial charge in [0.2, 0.25) is 0 Å². The number of nitrogens with two attached hydrogens (primary N) is 1. The average molecular weight is 308 g/mol. The van der Waals surface area contributed by atoms with Crippen molar-refractivity contribution in [2.75, 3.05) is 20.1 Å². The summed E-state index contributed by atoms with van der Waals surface area (Å²) in [5.41, 5.74) is 11.9. The van der Waals surface area contributed by atoms with Crippen molar-refractivity contribution in [3.05, 3.63) is 70.8 Å². The molecule has 122 valence electrons. The van der Waals surface area contributed by atoms with Crippen LogP contribution in [-0.4, -0.2) is 25.0 Å². The third-order valence-electron chi connectivity index (χ3n) is 5.12. The topological polar surface area (TPSA) is 29.3 Å². The molecule has 1 aliphatic heterocycles. The maximum Gasteiger partial charge on any atom is 0.0470 e. The number of fused-ring (bicyclic) bond motifs is 1. The van der Waals surface area contributed by atoms with E-state index in [0.29, 0.717) is 18.5 Å². The van der Waals surface area contributed by atoms with Crippen LogP contribution in [-0.2, 0) is 5.41 Å². The van der Waals surface area contributed by atoms with E-state index in [1.807, 2.05) is 0 Å². The summed E-state index contributed by atoms with van der Waals surface area (Å²) >= 11 is 0. The van der Waals surface area contributed by atoms with Crippen LogP contribution in [0.2, 0.25) is 0 Å². The fourth-order valence-electron chi connectivity index (χ4n) is 3.68. The van der Waals surface area contributed by atoms with Gasteiger partial charge in [-0.3, -0.25) is 4.90 Å².